The van der Waals surface area contributed by atoms with Crippen LogP contribution in [0.5, 0.6) is 0 Å². The highest BCUT2D eigenvalue weighted by atomic mass is 16.3. The molecule has 0 saturated heterocycles. The van der Waals surface area contributed by atoms with Crippen molar-refractivity contribution in [2.24, 2.45) is 16.6 Å². The van der Waals surface area contributed by atoms with E-state index < -0.39 is 5.91 Å². The lowest BCUT2D eigenvalue weighted by Gasteiger charge is -2.00. The number of allylic oxidation sites excluding steroid dienone is 1. The smallest absolute Gasteiger partial charge is 0.270 e. The summed E-state index contributed by atoms with van der Waals surface area (Å²) >= 11 is 0. The highest BCUT2D eigenvalue weighted by molar-refractivity contribution is 5.97. The number of amidine groups is 1. The summed E-state index contributed by atoms with van der Waals surface area (Å²) in [5, 5.41) is 3.07. The predicted molar refractivity (Wildman–Crippen MR) is 77.0 cm³/mol. The zero-order chi connectivity index (χ0) is 14.4. The van der Waals surface area contributed by atoms with Crippen LogP contribution in [0.15, 0.2) is 34.0 Å². The number of aromatic nitrogens is 1. The molecule has 1 saturated carbocycles. The van der Waals surface area contributed by atoms with Crippen molar-refractivity contribution in [1.29, 1.82) is 0 Å². The second kappa shape index (κ2) is 6.70. The van der Waals surface area contributed by atoms with Gasteiger partial charge in [0.2, 0.25) is 5.89 Å². The third-order valence-corrected chi connectivity index (χ3v) is 2.77. The molecule has 0 radical (unpaired) electrons. The molecule has 0 unspecified atom stereocenters. The van der Waals surface area contributed by atoms with Crippen LogP contribution in [0.25, 0.3) is 6.08 Å². The monoisotopic (exact) mass is 274 g/mol. The van der Waals surface area contributed by atoms with E-state index in [1.165, 1.54) is 19.1 Å². The van der Waals surface area contributed by atoms with Crippen LogP contribution in [-0.4, -0.2) is 23.3 Å². The lowest BCUT2D eigenvalue weighted by Crippen LogP contribution is -2.15. The number of nitrogens with zero attached hydrogens (tertiary/aromatic N) is 2. The highest BCUT2D eigenvalue weighted by Gasteiger charge is 2.20. The summed E-state index contributed by atoms with van der Waals surface area (Å²) in [6, 6.07) is 0. The van der Waals surface area contributed by atoms with Gasteiger partial charge in [-0.2, -0.15) is 0 Å². The molecular formula is C14H18N4O2. The first kappa shape index (κ1) is 14.0. The number of rotatable bonds is 6. The van der Waals surface area contributed by atoms with E-state index in [9.17, 15) is 4.79 Å². The van der Waals surface area contributed by atoms with Crippen LogP contribution >= 0.6 is 0 Å². The van der Waals surface area contributed by atoms with Crippen LogP contribution in [0.2, 0.25) is 0 Å². The van der Waals surface area contributed by atoms with Gasteiger partial charge in [0, 0.05) is 12.6 Å². The molecule has 0 spiro atoms. The van der Waals surface area contributed by atoms with Gasteiger partial charge >= 0.3 is 0 Å². The van der Waals surface area contributed by atoms with Gasteiger partial charge in [0.15, 0.2) is 5.69 Å². The summed E-state index contributed by atoms with van der Waals surface area (Å²) < 4.78 is 5.12. The lowest BCUT2D eigenvalue weighted by atomic mass is 10.4. The summed E-state index contributed by atoms with van der Waals surface area (Å²) in [6.07, 6.45) is 10.9. The van der Waals surface area contributed by atoms with E-state index in [4.69, 9.17) is 10.2 Å². The van der Waals surface area contributed by atoms with Gasteiger partial charge < -0.3 is 15.5 Å². The van der Waals surface area contributed by atoms with Crippen LogP contribution in [0.3, 0.4) is 0 Å². The maximum atomic E-state index is 10.9. The van der Waals surface area contributed by atoms with Crippen molar-refractivity contribution in [3.8, 4) is 0 Å². The molecule has 1 aromatic heterocycles. The van der Waals surface area contributed by atoms with Gasteiger partial charge in [-0.1, -0.05) is 6.08 Å². The molecule has 0 atom stereocenters. The van der Waals surface area contributed by atoms with Gasteiger partial charge in [-0.3, -0.25) is 9.79 Å². The van der Waals surface area contributed by atoms with Gasteiger partial charge in [0.05, 0.1) is 0 Å². The van der Waals surface area contributed by atoms with Crippen molar-refractivity contribution in [2.75, 3.05) is 6.54 Å². The molecule has 6 nitrogen and oxygen atoms in total. The maximum absolute atomic E-state index is 10.9. The molecule has 1 amide bonds. The number of hydrogen-bond donors (Lipinski definition) is 2. The molecule has 1 aliphatic carbocycles. The van der Waals surface area contributed by atoms with Gasteiger partial charge in [-0.05, 0) is 38.0 Å². The number of primary amides is 1. The predicted octanol–water partition coefficient (Wildman–Crippen LogP) is 1.72. The number of nitrogens with one attached hydrogen (secondary N) is 1. The Hall–Kier alpha value is -2.37. The maximum Gasteiger partial charge on any atom is 0.270 e. The van der Waals surface area contributed by atoms with Crippen molar-refractivity contribution in [3.63, 3.8) is 0 Å². The molecule has 0 aliphatic heterocycles. The molecule has 3 N–H and O–H groups in total. The third-order valence-electron chi connectivity index (χ3n) is 2.77. The molecule has 1 fully saturated rings. The summed E-state index contributed by atoms with van der Waals surface area (Å²) in [7, 11) is 0. The van der Waals surface area contributed by atoms with Crippen molar-refractivity contribution in [1.82, 2.24) is 10.3 Å². The van der Waals surface area contributed by atoms with E-state index in [1.54, 1.807) is 18.4 Å². The number of carbonyl (C=O) groups is 1. The number of aliphatic imine (C=N–C) groups is 1. The first-order valence-electron chi connectivity index (χ1n) is 6.54. The number of hydrogen-bond acceptors (Lipinski definition) is 4. The minimum atomic E-state index is -0.608. The van der Waals surface area contributed by atoms with Crippen molar-refractivity contribution in [2.45, 2.75) is 19.8 Å². The molecule has 1 aliphatic rings. The number of oxazole rings is 1. The summed E-state index contributed by atoms with van der Waals surface area (Å²) in [4.78, 5) is 19.3. The Bertz CT molecular complexity index is 553. The average molecular weight is 274 g/mol. The third kappa shape index (κ3) is 4.38. The van der Waals surface area contributed by atoms with Crippen LogP contribution in [0.4, 0.5) is 0 Å². The first-order valence-corrected chi connectivity index (χ1v) is 6.54. The molecule has 0 aromatic carbocycles. The van der Waals surface area contributed by atoms with Gasteiger partial charge in [0.1, 0.15) is 12.1 Å². The molecule has 106 valence electrons. The Morgan fingerprint density at radius 2 is 2.45 bits per heavy atom. The Balaban J connectivity index is 2.02. The molecular weight excluding hydrogens is 256 g/mol. The van der Waals surface area contributed by atoms with E-state index in [0.717, 1.165) is 12.4 Å². The quantitative estimate of drug-likeness (QED) is 0.610. The van der Waals surface area contributed by atoms with E-state index in [-0.39, 0.29) is 5.69 Å². The molecule has 6 heteroatoms. The average Bonchev–Trinajstić information content (AvgIpc) is 3.13. The summed E-state index contributed by atoms with van der Waals surface area (Å²) in [5.74, 6) is 1.16. The fraction of sp³-hybridized carbons (Fsp3) is 0.357. The fourth-order valence-corrected chi connectivity index (χ4v) is 1.47. The Morgan fingerprint density at radius 1 is 1.65 bits per heavy atom. The van der Waals surface area contributed by atoms with Crippen LogP contribution in [0.1, 0.15) is 36.1 Å². The minimum Gasteiger partial charge on any atom is -0.444 e. The SMILES string of the molecule is C/C=C\NC(/C=C/c1nc(C(N)=O)co1)=NCC1CC1. The van der Waals surface area contributed by atoms with Crippen LogP contribution in [-0.2, 0) is 0 Å². The van der Waals surface area contributed by atoms with Gasteiger partial charge in [0.25, 0.3) is 5.91 Å². The van der Waals surface area contributed by atoms with E-state index in [2.05, 4.69) is 15.3 Å². The number of carbonyl (C=O) groups excluding carboxylic acids is 1. The lowest BCUT2D eigenvalue weighted by molar-refractivity contribution is 0.0995. The zero-order valence-electron chi connectivity index (χ0n) is 11.4. The standard InChI is InChI=1S/C14H18N4O2/c1-2-7-16-12(17-8-10-3-4-10)5-6-13-18-11(9-20-13)14(15)19/h2,5-7,9-10H,3-4,8H2,1H3,(H2,15,19)(H,16,17)/b6-5+,7-2-. The summed E-state index contributed by atoms with van der Waals surface area (Å²) in [5.41, 5.74) is 5.22. The van der Waals surface area contributed by atoms with E-state index in [1.807, 2.05) is 13.0 Å². The Morgan fingerprint density at radius 3 is 3.05 bits per heavy atom. The van der Waals surface area contributed by atoms with Crippen LogP contribution in [0, 0.1) is 5.92 Å². The van der Waals surface area contributed by atoms with E-state index in [0.29, 0.717) is 11.8 Å². The van der Waals surface area contributed by atoms with E-state index >= 15 is 0 Å². The molecule has 1 aromatic rings. The minimum absolute atomic E-state index is 0.113. The second-order valence-electron chi connectivity index (χ2n) is 4.58. The van der Waals surface area contributed by atoms with Crippen molar-refractivity contribution >= 4 is 17.8 Å². The highest BCUT2D eigenvalue weighted by Crippen LogP contribution is 2.28. The largest absolute Gasteiger partial charge is 0.444 e. The van der Waals surface area contributed by atoms with Gasteiger partial charge in [-0.15, -0.1) is 0 Å². The number of nitrogens with two attached hydrogens (primary N) is 1. The second-order valence-corrected chi connectivity index (χ2v) is 4.58. The fourth-order valence-electron chi connectivity index (χ4n) is 1.47. The zero-order valence-corrected chi connectivity index (χ0v) is 11.4. The van der Waals surface area contributed by atoms with Crippen molar-refractivity contribution in [3.05, 3.63) is 36.2 Å². The molecule has 0 bridgehead atoms. The topological polar surface area (TPSA) is 93.5 Å². The van der Waals surface area contributed by atoms with Crippen molar-refractivity contribution < 1.29 is 9.21 Å². The number of amides is 1. The van der Waals surface area contributed by atoms with Crippen LogP contribution < -0.4 is 11.1 Å². The first-order chi connectivity index (χ1) is 9.69. The molecule has 2 rings (SSSR count). The Kier molecular flexibility index (Phi) is 4.70. The molecule has 1 heterocycles. The van der Waals surface area contributed by atoms with Gasteiger partial charge in [-0.25, -0.2) is 4.98 Å². The Labute approximate surface area is 117 Å². The summed E-state index contributed by atoms with van der Waals surface area (Å²) in [6.45, 7) is 2.74. The normalized spacial score (nSPS) is 16.1. The molecule has 20 heavy (non-hydrogen) atoms.